The first-order valence-electron chi connectivity index (χ1n) is 9.28. The summed E-state index contributed by atoms with van der Waals surface area (Å²) in [5.74, 6) is 1.06. The minimum absolute atomic E-state index is 0.0502. The molecule has 1 aliphatic rings. The van der Waals surface area contributed by atoms with Gasteiger partial charge < -0.3 is 9.32 Å². The zero-order chi connectivity index (χ0) is 18.1. The number of benzene rings is 2. The second-order valence-corrected chi connectivity index (χ2v) is 6.85. The summed E-state index contributed by atoms with van der Waals surface area (Å²) in [6, 6.07) is 18.3. The van der Waals surface area contributed by atoms with Crippen LogP contribution in [-0.4, -0.2) is 30.4 Å². The van der Waals surface area contributed by atoms with Gasteiger partial charge in [-0.2, -0.15) is 0 Å². The van der Waals surface area contributed by atoms with Gasteiger partial charge in [0, 0.05) is 17.6 Å². The number of carbonyl (C=O) groups is 1. The number of hydrogen-bond donors (Lipinski definition) is 0. The van der Waals surface area contributed by atoms with Gasteiger partial charge in [0.05, 0.1) is 12.6 Å². The Labute approximate surface area is 154 Å². The fraction of sp³-hybridized carbons (Fsp3) is 0.318. The molecule has 0 N–H and O–H groups in total. The van der Waals surface area contributed by atoms with E-state index in [-0.39, 0.29) is 11.9 Å². The number of para-hydroxylation sites is 2. The van der Waals surface area contributed by atoms with Crippen molar-refractivity contribution in [3.05, 3.63) is 65.9 Å². The summed E-state index contributed by atoms with van der Waals surface area (Å²) in [5.41, 5.74) is 3.21. The van der Waals surface area contributed by atoms with Crippen molar-refractivity contribution in [1.29, 1.82) is 0 Å². The Hall–Kier alpha value is -2.59. The smallest absolute Gasteiger partial charge is 0.241 e. The van der Waals surface area contributed by atoms with Gasteiger partial charge in [0.15, 0.2) is 0 Å². The molecule has 3 aromatic rings. The lowest BCUT2D eigenvalue weighted by molar-refractivity contribution is -0.120. The molecule has 0 aliphatic carbocycles. The summed E-state index contributed by atoms with van der Waals surface area (Å²) < 4.78 is 6.01. The number of furan rings is 1. The van der Waals surface area contributed by atoms with Crippen LogP contribution in [0.4, 0.5) is 5.69 Å². The molecule has 4 heteroatoms. The highest BCUT2D eigenvalue weighted by molar-refractivity contribution is 5.96. The summed E-state index contributed by atoms with van der Waals surface area (Å²) in [6.45, 7) is 6.15. The fourth-order valence-corrected chi connectivity index (χ4v) is 3.77. The van der Waals surface area contributed by atoms with Crippen LogP contribution in [0.25, 0.3) is 11.0 Å². The molecule has 0 spiro atoms. The van der Waals surface area contributed by atoms with Crippen molar-refractivity contribution in [2.45, 2.75) is 26.3 Å². The fourth-order valence-electron chi connectivity index (χ4n) is 3.77. The highest BCUT2D eigenvalue weighted by atomic mass is 16.3. The van der Waals surface area contributed by atoms with Gasteiger partial charge in [0.2, 0.25) is 5.91 Å². The molecule has 4 nitrogen and oxygen atoms in total. The number of hydrogen-bond acceptors (Lipinski definition) is 3. The third-order valence-electron chi connectivity index (χ3n) is 5.34. The predicted octanol–water partition coefficient (Wildman–Crippen LogP) is 4.41. The van der Waals surface area contributed by atoms with Gasteiger partial charge in [-0.3, -0.25) is 9.69 Å². The van der Waals surface area contributed by atoms with E-state index < -0.39 is 0 Å². The van der Waals surface area contributed by atoms with Crippen LogP contribution in [0.2, 0.25) is 0 Å². The first kappa shape index (κ1) is 16.9. The van der Waals surface area contributed by atoms with E-state index in [2.05, 4.69) is 36.9 Å². The van der Waals surface area contributed by atoms with Crippen molar-refractivity contribution in [3.63, 3.8) is 0 Å². The number of anilines is 1. The van der Waals surface area contributed by atoms with Gasteiger partial charge in [-0.25, -0.2) is 0 Å². The molecular formula is C22H24N2O2. The lowest BCUT2D eigenvalue weighted by Crippen LogP contribution is -2.40. The molecule has 1 amide bonds. The van der Waals surface area contributed by atoms with Crippen LogP contribution in [0.15, 0.2) is 59.0 Å². The maximum absolute atomic E-state index is 12.9. The van der Waals surface area contributed by atoms with Crippen molar-refractivity contribution in [3.8, 4) is 0 Å². The van der Waals surface area contributed by atoms with Gasteiger partial charge in [0.1, 0.15) is 11.3 Å². The van der Waals surface area contributed by atoms with Crippen molar-refractivity contribution in [2.75, 3.05) is 24.5 Å². The van der Waals surface area contributed by atoms with Crippen LogP contribution >= 0.6 is 0 Å². The van der Waals surface area contributed by atoms with Crippen molar-refractivity contribution >= 4 is 22.6 Å². The number of likely N-dealkylation sites (N-methyl/N-ethyl adjacent to an activating group) is 1. The standard InChI is InChI=1S/C22H24N2O2/c1-3-23(16(2)21-14-18-9-5-7-11-20(18)26-21)15-22(25)24-13-12-17-8-4-6-10-19(17)24/h4-11,14,16H,3,12-13,15H2,1-2H3/t16-/m0/s1. The molecule has 0 fully saturated rings. The Bertz CT molecular complexity index is 898. The maximum Gasteiger partial charge on any atom is 0.241 e. The van der Waals surface area contributed by atoms with E-state index in [9.17, 15) is 4.79 Å². The summed E-state index contributed by atoms with van der Waals surface area (Å²) in [4.78, 5) is 17.0. The van der Waals surface area contributed by atoms with Gasteiger partial charge >= 0.3 is 0 Å². The van der Waals surface area contributed by atoms with Crippen LogP contribution in [0.1, 0.15) is 31.2 Å². The Morgan fingerprint density at radius 1 is 1.19 bits per heavy atom. The first-order chi connectivity index (χ1) is 12.7. The molecule has 0 radical (unpaired) electrons. The van der Waals surface area contributed by atoms with E-state index in [0.717, 1.165) is 41.9 Å². The first-order valence-corrected chi connectivity index (χ1v) is 9.28. The molecular weight excluding hydrogens is 324 g/mol. The van der Waals surface area contributed by atoms with Gasteiger partial charge in [-0.15, -0.1) is 0 Å². The summed E-state index contributed by atoms with van der Waals surface area (Å²) >= 11 is 0. The van der Waals surface area contributed by atoms with E-state index in [1.807, 2.05) is 41.3 Å². The Morgan fingerprint density at radius 2 is 1.96 bits per heavy atom. The largest absolute Gasteiger partial charge is 0.459 e. The Balaban J connectivity index is 1.51. The highest BCUT2D eigenvalue weighted by Gasteiger charge is 2.27. The van der Waals surface area contributed by atoms with Crippen molar-refractivity contribution < 1.29 is 9.21 Å². The SMILES string of the molecule is CCN(CC(=O)N1CCc2ccccc21)[C@@H](C)c1cc2ccccc2o1. The predicted molar refractivity (Wildman–Crippen MR) is 104 cm³/mol. The third-order valence-corrected chi connectivity index (χ3v) is 5.34. The average Bonchev–Trinajstić information content (AvgIpc) is 3.29. The van der Waals surface area contributed by atoms with E-state index in [4.69, 9.17) is 4.42 Å². The van der Waals surface area contributed by atoms with Crippen LogP contribution < -0.4 is 4.90 Å². The van der Waals surface area contributed by atoms with Crippen LogP contribution in [0.3, 0.4) is 0 Å². The molecule has 4 rings (SSSR count). The van der Waals surface area contributed by atoms with E-state index in [1.165, 1.54) is 5.56 Å². The molecule has 2 heterocycles. The molecule has 2 aromatic carbocycles. The summed E-state index contributed by atoms with van der Waals surface area (Å²) in [6.07, 6.45) is 0.938. The van der Waals surface area contributed by atoms with Crippen molar-refractivity contribution in [1.82, 2.24) is 4.90 Å². The van der Waals surface area contributed by atoms with E-state index in [0.29, 0.717) is 6.54 Å². The number of fused-ring (bicyclic) bond motifs is 2. The molecule has 1 aliphatic heterocycles. The minimum atomic E-state index is 0.0502. The third kappa shape index (κ3) is 3.01. The van der Waals surface area contributed by atoms with Crippen LogP contribution in [0.5, 0.6) is 0 Å². The number of amides is 1. The molecule has 26 heavy (non-hydrogen) atoms. The molecule has 1 aromatic heterocycles. The second kappa shape index (κ2) is 6.96. The lowest BCUT2D eigenvalue weighted by Gasteiger charge is -2.28. The Kier molecular flexibility index (Phi) is 4.51. The maximum atomic E-state index is 12.9. The van der Waals surface area contributed by atoms with Crippen LogP contribution in [-0.2, 0) is 11.2 Å². The highest BCUT2D eigenvalue weighted by Crippen LogP contribution is 2.30. The molecule has 0 unspecified atom stereocenters. The quantitative estimate of drug-likeness (QED) is 0.685. The van der Waals surface area contributed by atoms with Gasteiger partial charge in [-0.1, -0.05) is 43.3 Å². The second-order valence-electron chi connectivity index (χ2n) is 6.85. The molecule has 0 saturated carbocycles. The Morgan fingerprint density at radius 3 is 2.77 bits per heavy atom. The molecule has 0 saturated heterocycles. The molecule has 1 atom stereocenters. The monoisotopic (exact) mass is 348 g/mol. The average molecular weight is 348 g/mol. The lowest BCUT2D eigenvalue weighted by atomic mass is 10.2. The van der Waals surface area contributed by atoms with Gasteiger partial charge in [-0.05, 0) is 43.7 Å². The van der Waals surface area contributed by atoms with Crippen molar-refractivity contribution in [2.24, 2.45) is 0 Å². The van der Waals surface area contributed by atoms with Crippen LogP contribution in [0, 0.1) is 0 Å². The zero-order valence-corrected chi connectivity index (χ0v) is 15.3. The summed E-state index contributed by atoms with van der Waals surface area (Å²) in [7, 11) is 0. The topological polar surface area (TPSA) is 36.7 Å². The minimum Gasteiger partial charge on any atom is -0.459 e. The van der Waals surface area contributed by atoms with E-state index in [1.54, 1.807) is 0 Å². The van der Waals surface area contributed by atoms with Gasteiger partial charge in [0.25, 0.3) is 0 Å². The number of rotatable bonds is 5. The van der Waals surface area contributed by atoms with E-state index >= 15 is 0 Å². The zero-order valence-electron chi connectivity index (χ0n) is 15.3. The normalized spacial score (nSPS) is 14.8. The summed E-state index contributed by atoms with van der Waals surface area (Å²) in [5, 5.41) is 1.10. The number of nitrogens with zero attached hydrogens (tertiary/aromatic N) is 2. The molecule has 134 valence electrons. The molecule has 0 bridgehead atoms. The number of carbonyl (C=O) groups excluding carboxylic acids is 1.